The third-order valence-electron chi connectivity index (χ3n) is 2.15. The number of carbonyl (C=O) groups is 1. The van der Waals surface area contributed by atoms with Gasteiger partial charge in [0.05, 0.1) is 18.2 Å². The molecule has 0 saturated heterocycles. The maximum atomic E-state index is 13.4. The topological polar surface area (TPSA) is 30.2 Å². The van der Waals surface area contributed by atoms with Crippen molar-refractivity contribution in [3.8, 4) is 0 Å². The SMILES string of the molecule is O=C(Cc1ccco1)c1ccc(Cl)cc1F. The molecule has 4 heteroatoms. The third-order valence-corrected chi connectivity index (χ3v) is 2.38. The zero-order chi connectivity index (χ0) is 11.5. The minimum atomic E-state index is -0.607. The average Bonchev–Trinajstić information content (AvgIpc) is 2.70. The molecule has 1 heterocycles. The molecule has 82 valence electrons. The fourth-order valence-electron chi connectivity index (χ4n) is 1.38. The van der Waals surface area contributed by atoms with E-state index in [0.717, 1.165) is 6.07 Å². The predicted octanol–water partition coefficient (Wildman–Crippen LogP) is 3.50. The third kappa shape index (κ3) is 2.31. The van der Waals surface area contributed by atoms with Crippen LogP contribution in [-0.2, 0) is 6.42 Å². The van der Waals surface area contributed by atoms with Crippen molar-refractivity contribution in [3.05, 3.63) is 58.8 Å². The van der Waals surface area contributed by atoms with Crippen molar-refractivity contribution in [1.29, 1.82) is 0 Å². The highest BCUT2D eigenvalue weighted by Gasteiger charge is 2.13. The quantitative estimate of drug-likeness (QED) is 0.766. The second-order valence-electron chi connectivity index (χ2n) is 3.30. The summed E-state index contributed by atoms with van der Waals surface area (Å²) in [6.07, 6.45) is 1.52. The van der Waals surface area contributed by atoms with Crippen molar-refractivity contribution in [3.63, 3.8) is 0 Å². The summed E-state index contributed by atoms with van der Waals surface area (Å²) in [4.78, 5) is 11.7. The van der Waals surface area contributed by atoms with Crippen LogP contribution in [0.15, 0.2) is 41.0 Å². The van der Waals surface area contributed by atoms with E-state index < -0.39 is 5.82 Å². The van der Waals surface area contributed by atoms with Gasteiger partial charge in [-0.2, -0.15) is 0 Å². The summed E-state index contributed by atoms with van der Waals surface area (Å²) in [6.45, 7) is 0. The number of Topliss-reactive ketones (excluding diaryl/α,β-unsaturated/α-hetero) is 1. The van der Waals surface area contributed by atoms with Gasteiger partial charge in [0.1, 0.15) is 11.6 Å². The number of rotatable bonds is 3. The van der Waals surface area contributed by atoms with E-state index in [9.17, 15) is 9.18 Å². The Hall–Kier alpha value is -1.61. The summed E-state index contributed by atoms with van der Waals surface area (Å²) in [5, 5.41) is 0.270. The molecular weight excluding hydrogens is 231 g/mol. The normalized spacial score (nSPS) is 10.4. The van der Waals surface area contributed by atoms with E-state index in [4.69, 9.17) is 16.0 Å². The molecular formula is C12H8ClFO2. The molecule has 2 nitrogen and oxygen atoms in total. The number of ketones is 1. The van der Waals surface area contributed by atoms with E-state index in [1.165, 1.54) is 18.4 Å². The molecule has 1 aromatic carbocycles. The van der Waals surface area contributed by atoms with Crippen LogP contribution in [0.2, 0.25) is 5.02 Å². The highest BCUT2D eigenvalue weighted by atomic mass is 35.5. The maximum Gasteiger partial charge on any atom is 0.173 e. The molecule has 0 atom stereocenters. The molecule has 0 saturated carbocycles. The molecule has 0 spiro atoms. The van der Waals surface area contributed by atoms with E-state index in [2.05, 4.69) is 0 Å². The molecule has 0 bridgehead atoms. The Morgan fingerprint density at radius 1 is 1.38 bits per heavy atom. The van der Waals surface area contributed by atoms with Crippen LogP contribution in [0.3, 0.4) is 0 Å². The second kappa shape index (κ2) is 4.49. The van der Waals surface area contributed by atoms with Crippen LogP contribution in [0.4, 0.5) is 4.39 Å². The van der Waals surface area contributed by atoms with Crippen LogP contribution >= 0.6 is 11.6 Å². The van der Waals surface area contributed by atoms with Crippen LogP contribution in [0.1, 0.15) is 16.1 Å². The van der Waals surface area contributed by atoms with E-state index in [1.807, 2.05) is 0 Å². The first-order valence-electron chi connectivity index (χ1n) is 4.67. The summed E-state index contributed by atoms with van der Waals surface area (Å²) in [6, 6.07) is 7.34. The molecule has 16 heavy (non-hydrogen) atoms. The van der Waals surface area contributed by atoms with Crippen molar-refractivity contribution >= 4 is 17.4 Å². The molecule has 0 aliphatic carbocycles. The number of hydrogen-bond donors (Lipinski definition) is 0. The number of furan rings is 1. The van der Waals surface area contributed by atoms with E-state index in [0.29, 0.717) is 5.76 Å². The van der Waals surface area contributed by atoms with Gasteiger partial charge in [-0.1, -0.05) is 11.6 Å². The van der Waals surface area contributed by atoms with Gasteiger partial charge < -0.3 is 4.42 Å². The molecule has 2 rings (SSSR count). The van der Waals surface area contributed by atoms with Gasteiger partial charge in [-0.3, -0.25) is 4.79 Å². The second-order valence-corrected chi connectivity index (χ2v) is 3.74. The average molecular weight is 239 g/mol. The van der Waals surface area contributed by atoms with Gasteiger partial charge >= 0.3 is 0 Å². The molecule has 0 aliphatic heterocycles. The van der Waals surface area contributed by atoms with Crippen molar-refractivity contribution in [2.24, 2.45) is 0 Å². The first-order chi connectivity index (χ1) is 7.66. The van der Waals surface area contributed by atoms with Crippen molar-refractivity contribution in [2.75, 3.05) is 0 Å². The van der Waals surface area contributed by atoms with Crippen LogP contribution in [0.25, 0.3) is 0 Å². The van der Waals surface area contributed by atoms with Gasteiger partial charge in [0.25, 0.3) is 0 Å². The maximum absolute atomic E-state index is 13.4. The van der Waals surface area contributed by atoms with Gasteiger partial charge in [0.2, 0.25) is 0 Å². The highest BCUT2D eigenvalue weighted by molar-refractivity contribution is 6.30. The van der Waals surface area contributed by atoms with Gasteiger partial charge in [-0.15, -0.1) is 0 Å². The molecule has 0 unspecified atom stereocenters. The summed E-state index contributed by atoms with van der Waals surface area (Å²) in [5.41, 5.74) is 0.0285. The zero-order valence-corrected chi connectivity index (χ0v) is 9.00. The fraction of sp³-hybridized carbons (Fsp3) is 0.0833. The Morgan fingerprint density at radius 2 is 2.19 bits per heavy atom. The standard InChI is InChI=1S/C12H8ClFO2/c13-8-3-4-10(11(14)6-8)12(15)7-9-2-1-5-16-9/h1-6H,7H2. The Kier molecular flexibility index (Phi) is 3.06. The first kappa shape index (κ1) is 10.9. The predicted molar refractivity (Wildman–Crippen MR) is 58.2 cm³/mol. The van der Waals surface area contributed by atoms with Crippen molar-refractivity contribution in [1.82, 2.24) is 0 Å². The number of halogens is 2. The lowest BCUT2D eigenvalue weighted by atomic mass is 10.1. The van der Waals surface area contributed by atoms with Crippen molar-refractivity contribution in [2.45, 2.75) is 6.42 Å². The van der Waals surface area contributed by atoms with E-state index >= 15 is 0 Å². The molecule has 0 radical (unpaired) electrons. The van der Waals surface area contributed by atoms with Crippen LogP contribution in [-0.4, -0.2) is 5.78 Å². The highest BCUT2D eigenvalue weighted by Crippen LogP contribution is 2.16. The Balaban J connectivity index is 2.21. The smallest absolute Gasteiger partial charge is 0.173 e. The Bertz CT molecular complexity index is 506. The first-order valence-corrected chi connectivity index (χ1v) is 5.05. The lowest BCUT2D eigenvalue weighted by Gasteiger charge is -2.01. The van der Waals surface area contributed by atoms with Gasteiger partial charge in [0, 0.05) is 5.02 Å². The zero-order valence-electron chi connectivity index (χ0n) is 8.24. The number of carbonyl (C=O) groups excluding carboxylic acids is 1. The van der Waals surface area contributed by atoms with Gasteiger partial charge in [-0.05, 0) is 30.3 Å². The Morgan fingerprint density at radius 3 is 2.81 bits per heavy atom. The van der Waals surface area contributed by atoms with Gasteiger partial charge in [0.15, 0.2) is 5.78 Å². The summed E-state index contributed by atoms with van der Waals surface area (Å²) in [7, 11) is 0. The minimum absolute atomic E-state index is 0.0285. The lowest BCUT2D eigenvalue weighted by molar-refractivity contribution is 0.0983. The molecule has 0 amide bonds. The molecule has 0 fully saturated rings. The molecule has 2 aromatic rings. The monoisotopic (exact) mass is 238 g/mol. The minimum Gasteiger partial charge on any atom is -0.469 e. The van der Waals surface area contributed by atoms with Crippen LogP contribution in [0, 0.1) is 5.82 Å². The van der Waals surface area contributed by atoms with Crippen molar-refractivity contribution < 1.29 is 13.6 Å². The number of benzene rings is 1. The fourth-order valence-corrected chi connectivity index (χ4v) is 1.54. The largest absolute Gasteiger partial charge is 0.469 e. The summed E-state index contributed by atoms with van der Waals surface area (Å²) >= 11 is 5.59. The number of hydrogen-bond acceptors (Lipinski definition) is 2. The summed E-state index contributed by atoms with van der Waals surface area (Å²) < 4.78 is 18.4. The Labute approximate surface area is 96.6 Å². The van der Waals surface area contributed by atoms with Gasteiger partial charge in [-0.25, -0.2) is 4.39 Å². The van der Waals surface area contributed by atoms with E-state index in [-0.39, 0.29) is 22.8 Å². The lowest BCUT2D eigenvalue weighted by Crippen LogP contribution is -2.05. The molecule has 0 aliphatic rings. The summed E-state index contributed by atoms with van der Waals surface area (Å²) in [5.74, 6) is -0.424. The van der Waals surface area contributed by atoms with E-state index in [1.54, 1.807) is 12.1 Å². The molecule has 0 N–H and O–H groups in total. The van der Waals surface area contributed by atoms with Crippen LogP contribution < -0.4 is 0 Å². The molecule has 1 aromatic heterocycles. The van der Waals surface area contributed by atoms with Crippen LogP contribution in [0.5, 0.6) is 0 Å².